The second-order valence-electron chi connectivity index (χ2n) is 5.31. The number of nitrogens with two attached hydrogens (primary N) is 1. The quantitative estimate of drug-likeness (QED) is 0.826. The highest BCUT2D eigenvalue weighted by Crippen LogP contribution is 2.22. The SMILES string of the molecule is CN1CCCC(CNS(=O)(=O)c2ccc(Cl)c(N)c2)C1. The minimum atomic E-state index is -3.52. The fourth-order valence-electron chi connectivity index (χ4n) is 2.44. The number of piperidine rings is 1. The number of nitrogens with one attached hydrogen (secondary N) is 1. The van der Waals surface area contributed by atoms with Crippen molar-refractivity contribution in [2.45, 2.75) is 17.7 Å². The lowest BCUT2D eigenvalue weighted by atomic mass is 9.99. The number of nitrogens with zero attached hydrogens (tertiary/aromatic N) is 1. The Kier molecular flexibility index (Phi) is 4.90. The highest BCUT2D eigenvalue weighted by Gasteiger charge is 2.21. The number of rotatable bonds is 4. The standard InChI is InChI=1S/C13H20ClN3O2S/c1-17-6-2-3-10(9-17)8-16-20(18,19)11-4-5-12(14)13(15)7-11/h4-5,7,10,16H,2-3,6,8-9,15H2,1H3. The summed E-state index contributed by atoms with van der Waals surface area (Å²) in [4.78, 5) is 2.38. The molecule has 1 atom stereocenters. The van der Waals surface area contributed by atoms with Gasteiger partial charge in [0, 0.05) is 13.1 Å². The van der Waals surface area contributed by atoms with Gasteiger partial charge in [0.15, 0.2) is 0 Å². The molecule has 0 bridgehead atoms. The number of hydrogen-bond acceptors (Lipinski definition) is 4. The van der Waals surface area contributed by atoms with Gasteiger partial charge >= 0.3 is 0 Å². The molecule has 112 valence electrons. The monoisotopic (exact) mass is 317 g/mol. The second-order valence-corrected chi connectivity index (χ2v) is 7.48. The third kappa shape index (κ3) is 3.85. The Bertz CT molecular complexity index is 577. The van der Waals surface area contributed by atoms with Gasteiger partial charge in [-0.3, -0.25) is 0 Å². The predicted octanol–water partition coefficient (Wildman–Crippen LogP) is 1.54. The lowest BCUT2D eigenvalue weighted by Gasteiger charge is -2.29. The largest absolute Gasteiger partial charge is 0.397 e. The van der Waals surface area contributed by atoms with Crippen LogP contribution in [0.25, 0.3) is 0 Å². The van der Waals surface area contributed by atoms with Crippen LogP contribution in [0.2, 0.25) is 5.02 Å². The van der Waals surface area contributed by atoms with Crippen molar-refractivity contribution in [3.63, 3.8) is 0 Å². The maximum Gasteiger partial charge on any atom is 0.240 e. The lowest BCUT2D eigenvalue weighted by Crippen LogP contribution is -2.39. The Hall–Kier alpha value is -0.820. The van der Waals surface area contributed by atoms with E-state index in [2.05, 4.69) is 16.7 Å². The molecule has 2 rings (SSSR count). The Balaban J connectivity index is 2.01. The summed E-state index contributed by atoms with van der Waals surface area (Å²) in [7, 11) is -1.47. The van der Waals surface area contributed by atoms with E-state index in [0.29, 0.717) is 17.5 Å². The average Bonchev–Trinajstić information content (AvgIpc) is 2.40. The van der Waals surface area contributed by atoms with Crippen molar-refractivity contribution in [1.29, 1.82) is 0 Å². The molecule has 1 saturated heterocycles. The highest BCUT2D eigenvalue weighted by molar-refractivity contribution is 7.89. The van der Waals surface area contributed by atoms with Crippen LogP contribution in [0.4, 0.5) is 5.69 Å². The first-order valence-electron chi connectivity index (χ1n) is 6.62. The van der Waals surface area contributed by atoms with Crippen LogP contribution >= 0.6 is 11.6 Å². The summed E-state index contributed by atoms with van der Waals surface area (Å²) >= 11 is 5.80. The third-order valence-electron chi connectivity index (χ3n) is 3.56. The number of hydrogen-bond donors (Lipinski definition) is 2. The normalized spacial score (nSPS) is 21.0. The van der Waals surface area contributed by atoms with E-state index in [0.717, 1.165) is 25.9 Å². The van der Waals surface area contributed by atoms with Gasteiger partial charge in [0.1, 0.15) is 0 Å². The number of sulfonamides is 1. The summed E-state index contributed by atoms with van der Waals surface area (Å²) in [6.07, 6.45) is 2.16. The maximum absolute atomic E-state index is 12.2. The molecular formula is C13H20ClN3O2S. The molecule has 0 aliphatic carbocycles. The Morgan fingerprint density at radius 2 is 2.25 bits per heavy atom. The van der Waals surface area contributed by atoms with Crippen LogP contribution in [0.3, 0.4) is 0 Å². The van der Waals surface area contributed by atoms with Crippen molar-refractivity contribution in [2.24, 2.45) is 5.92 Å². The van der Waals surface area contributed by atoms with Crippen molar-refractivity contribution in [3.05, 3.63) is 23.2 Å². The zero-order valence-electron chi connectivity index (χ0n) is 11.5. The Labute approximate surface area is 125 Å². The van der Waals surface area contributed by atoms with Gasteiger partial charge in [-0.2, -0.15) is 0 Å². The molecule has 1 aromatic rings. The van der Waals surface area contributed by atoms with E-state index in [-0.39, 0.29) is 10.6 Å². The first-order valence-corrected chi connectivity index (χ1v) is 8.48. The van der Waals surface area contributed by atoms with Crippen LogP contribution in [0.15, 0.2) is 23.1 Å². The fraction of sp³-hybridized carbons (Fsp3) is 0.538. The number of halogens is 1. The smallest absolute Gasteiger partial charge is 0.240 e. The van der Waals surface area contributed by atoms with Crippen LogP contribution in [0.1, 0.15) is 12.8 Å². The summed E-state index contributed by atoms with van der Waals surface area (Å²) in [6.45, 7) is 2.46. The average molecular weight is 318 g/mol. The molecule has 20 heavy (non-hydrogen) atoms. The molecule has 0 aromatic heterocycles. The first-order chi connectivity index (χ1) is 9.38. The zero-order valence-corrected chi connectivity index (χ0v) is 13.0. The Morgan fingerprint density at radius 3 is 2.90 bits per heavy atom. The minimum absolute atomic E-state index is 0.156. The van der Waals surface area contributed by atoms with E-state index in [1.807, 2.05) is 0 Å². The van der Waals surface area contributed by atoms with E-state index in [1.165, 1.54) is 18.2 Å². The van der Waals surface area contributed by atoms with Crippen molar-refractivity contribution in [2.75, 3.05) is 32.4 Å². The molecule has 7 heteroatoms. The number of likely N-dealkylation sites (tertiary alicyclic amines) is 1. The van der Waals surface area contributed by atoms with E-state index in [1.54, 1.807) is 0 Å². The van der Waals surface area contributed by atoms with Crippen molar-refractivity contribution < 1.29 is 8.42 Å². The van der Waals surface area contributed by atoms with Gasteiger partial charge in [0.2, 0.25) is 10.0 Å². The van der Waals surface area contributed by atoms with Crippen LogP contribution in [-0.4, -0.2) is 40.0 Å². The molecule has 1 aliphatic heterocycles. The molecule has 1 aliphatic rings. The minimum Gasteiger partial charge on any atom is -0.397 e. The van der Waals surface area contributed by atoms with Crippen LogP contribution in [-0.2, 0) is 10.0 Å². The van der Waals surface area contributed by atoms with Gasteiger partial charge in [0.05, 0.1) is 15.6 Å². The van der Waals surface area contributed by atoms with Gasteiger partial charge in [-0.15, -0.1) is 0 Å². The summed E-state index contributed by atoms with van der Waals surface area (Å²) < 4.78 is 27.1. The summed E-state index contributed by atoms with van der Waals surface area (Å²) in [5.41, 5.74) is 5.91. The molecule has 1 aromatic carbocycles. The van der Waals surface area contributed by atoms with E-state index in [4.69, 9.17) is 17.3 Å². The molecule has 5 nitrogen and oxygen atoms in total. The number of benzene rings is 1. The van der Waals surface area contributed by atoms with Gasteiger partial charge < -0.3 is 10.6 Å². The molecule has 3 N–H and O–H groups in total. The van der Waals surface area contributed by atoms with Crippen LogP contribution in [0, 0.1) is 5.92 Å². The summed E-state index contributed by atoms with van der Waals surface area (Å²) in [5.74, 6) is 0.355. The van der Waals surface area contributed by atoms with Crippen molar-refractivity contribution in [1.82, 2.24) is 9.62 Å². The summed E-state index contributed by atoms with van der Waals surface area (Å²) in [5, 5.41) is 0.359. The molecule has 1 heterocycles. The van der Waals surface area contributed by atoms with Crippen LogP contribution in [0.5, 0.6) is 0 Å². The molecule has 1 unspecified atom stereocenters. The van der Waals surface area contributed by atoms with E-state index >= 15 is 0 Å². The summed E-state index contributed by atoms with van der Waals surface area (Å²) in [6, 6.07) is 4.35. The molecule has 0 amide bonds. The Morgan fingerprint density at radius 1 is 1.50 bits per heavy atom. The highest BCUT2D eigenvalue weighted by atomic mass is 35.5. The van der Waals surface area contributed by atoms with Gasteiger partial charge in [-0.1, -0.05) is 11.6 Å². The number of anilines is 1. The molecule has 1 fully saturated rings. The van der Waals surface area contributed by atoms with E-state index in [9.17, 15) is 8.42 Å². The van der Waals surface area contributed by atoms with E-state index < -0.39 is 10.0 Å². The molecule has 0 saturated carbocycles. The zero-order chi connectivity index (χ0) is 14.8. The second kappa shape index (κ2) is 6.30. The van der Waals surface area contributed by atoms with Crippen molar-refractivity contribution in [3.8, 4) is 0 Å². The molecule has 0 radical (unpaired) electrons. The van der Waals surface area contributed by atoms with Gasteiger partial charge in [-0.25, -0.2) is 13.1 Å². The molecule has 0 spiro atoms. The molecular weight excluding hydrogens is 298 g/mol. The van der Waals surface area contributed by atoms with Gasteiger partial charge in [-0.05, 0) is 50.6 Å². The fourth-order valence-corrected chi connectivity index (χ4v) is 3.71. The maximum atomic E-state index is 12.2. The number of nitrogen functional groups attached to an aromatic ring is 1. The first kappa shape index (κ1) is 15.6. The lowest BCUT2D eigenvalue weighted by molar-refractivity contribution is 0.211. The van der Waals surface area contributed by atoms with Crippen LogP contribution < -0.4 is 10.5 Å². The van der Waals surface area contributed by atoms with Crippen molar-refractivity contribution >= 4 is 27.3 Å². The topological polar surface area (TPSA) is 75.4 Å². The van der Waals surface area contributed by atoms with Gasteiger partial charge in [0.25, 0.3) is 0 Å². The third-order valence-corrected chi connectivity index (χ3v) is 5.33. The predicted molar refractivity (Wildman–Crippen MR) is 81.3 cm³/mol.